The van der Waals surface area contributed by atoms with Crippen molar-refractivity contribution in [2.75, 3.05) is 18.6 Å². The van der Waals surface area contributed by atoms with E-state index in [-0.39, 0.29) is 11.7 Å². The van der Waals surface area contributed by atoms with Crippen molar-refractivity contribution in [3.8, 4) is 11.5 Å². The molecule has 0 unspecified atom stereocenters. The number of methoxy groups -OCH3 is 1. The average Bonchev–Trinajstić information content (AvgIpc) is 2.97. The molecule has 134 valence electrons. The van der Waals surface area contributed by atoms with Crippen molar-refractivity contribution < 1.29 is 14.6 Å². The van der Waals surface area contributed by atoms with E-state index in [1.54, 1.807) is 29.2 Å². The lowest BCUT2D eigenvalue weighted by molar-refractivity contribution is -0.113. The molecule has 26 heavy (non-hydrogen) atoms. The number of thioether (sulfide) groups is 1. The molecule has 2 aromatic carbocycles. The molecule has 1 saturated heterocycles. The van der Waals surface area contributed by atoms with E-state index in [1.807, 2.05) is 30.3 Å². The van der Waals surface area contributed by atoms with Crippen LogP contribution in [0.1, 0.15) is 18.9 Å². The van der Waals surface area contributed by atoms with Crippen molar-refractivity contribution >= 4 is 34.6 Å². The molecule has 1 fully saturated rings. The Morgan fingerprint density at radius 3 is 2.69 bits per heavy atom. The Morgan fingerprint density at radius 1 is 1.23 bits per heavy atom. The van der Waals surface area contributed by atoms with Crippen molar-refractivity contribution in [1.29, 1.82) is 0 Å². The van der Waals surface area contributed by atoms with E-state index in [0.717, 1.165) is 17.7 Å². The maximum atomic E-state index is 13.0. The first kappa shape index (κ1) is 18.1. The van der Waals surface area contributed by atoms with Gasteiger partial charge in [-0.3, -0.25) is 14.7 Å². The van der Waals surface area contributed by atoms with Crippen LogP contribution in [0.2, 0.25) is 0 Å². The van der Waals surface area contributed by atoms with E-state index < -0.39 is 0 Å². The maximum Gasteiger partial charge on any atom is 0.271 e. The zero-order valence-corrected chi connectivity index (χ0v) is 15.5. The minimum absolute atomic E-state index is 0.0659. The van der Waals surface area contributed by atoms with Gasteiger partial charge < -0.3 is 9.84 Å². The van der Waals surface area contributed by atoms with Gasteiger partial charge >= 0.3 is 0 Å². The largest absolute Gasteiger partial charge is 0.504 e. The summed E-state index contributed by atoms with van der Waals surface area (Å²) in [6, 6.07) is 14.5. The van der Waals surface area contributed by atoms with E-state index in [9.17, 15) is 9.90 Å². The number of aromatic hydroxyl groups is 1. The molecular formula is C20H20N2O3S. The second-order valence-corrected chi connectivity index (χ2v) is 6.69. The summed E-state index contributed by atoms with van der Waals surface area (Å²) in [7, 11) is 1.49. The standard InChI is InChI=1S/C20H20N2O3S/c1-3-11-21-20-22(15-7-5-4-6-8-15)19(24)18(26-20)13-14-9-10-16(23)17(12-14)25-2/h4-10,12-13,23H,3,11H2,1-2H3/b18-13-,21-20?. The van der Waals surface area contributed by atoms with Crippen LogP contribution in [-0.4, -0.2) is 29.8 Å². The third kappa shape index (κ3) is 3.75. The van der Waals surface area contributed by atoms with Gasteiger partial charge in [0.25, 0.3) is 5.91 Å². The Kier molecular flexibility index (Phi) is 5.63. The molecule has 1 heterocycles. The molecule has 3 rings (SSSR count). The van der Waals surface area contributed by atoms with Gasteiger partial charge in [-0.15, -0.1) is 0 Å². The summed E-state index contributed by atoms with van der Waals surface area (Å²) in [5, 5.41) is 10.4. The number of amides is 1. The third-order valence-corrected chi connectivity index (χ3v) is 4.80. The molecule has 1 N–H and O–H groups in total. The summed E-state index contributed by atoms with van der Waals surface area (Å²) in [5.74, 6) is 0.328. The third-order valence-electron chi connectivity index (χ3n) is 3.79. The van der Waals surface area contributed by atoms with E-state index in [4.69, 9.17) is 4.74 Å². The number of rotatable bonds is 5. The van der Waals surface area contributed by atoms with Gasteiger partial charge in [-0.25, -0.2) is 0 Å². The first-order valence-electron chi connectivity index (χ1n) is 8.34. The van der Waals surface area contributed by atoms with Gasteiger partial charge in [-0.1, -0.05) is 31.2 Å². The summed E-state index contributed by atoms with van der Waals surface area (Å²) in [5.41, 5.74) is 1.58. The predicted octanol–water partition coefficient (Wildman–Crippen LogP) is 4.29. The monoisotopic (exact) mass is 368 g/mol. The van der Waals surface area contributed by atoms with Gasteiger partial charge in [0.05, 0.1) is 17.7 Å². The molecule has 1 aliphatic rings. The Hall–Kier alpha value is -2.73. The van der Waals surface area contributed by atoms with E-state index in [0.29, 0.717) is 22.4 Å². The molecule has 1 amide bonds. The lowest BCUT2D eigenvalue weighted by atomic mass is 10.2. The van der Waals surface area contributed by atoms with Gasteiger partial charge in [0.2, 0.25) is 0 Å². The predicted molar refractivity (Wildman–Crippen MR) is 107 cm³/mol. The second kappa shape index (κ2) is 8.10. The quantitative estimate of drug-likeness (QED) is 0.800. The number of aliphatic imine (C=N–C) groups is 1. The minimum atomic E-state index is -0.108. The van der Waals surface area contributed by atoms with Crippen molar-refractivity contribution in [3.05, 3.63) is 59.0 Å². The molecule has 0 aliphatic carbocycles. The van der Waals surface area contributed by atoms with Gasteiger partial charge in [0, 0.05) is 6.54 Å². The summed E-state index contributed by atoms with van der Waals surface area (Å²) < 4.78 is 5.14. The van der Waals surface area contributed by atoms with E-state index in [2.05, 4.69) is 11.9 Å². The summed E-state index contributed by atoms with van der Waals surface area (Å²) in [6.45, 7) is 2.72. The minimum Gasteiger partial charge on any atom is -0.504 e. The summed E-state index contributed by atoms with van der Waals surface area (Å²) in [4.78, 5) is 19.8. The van der Waals surface area contributed by atoms with Crippen molar-refractivity contribution in [2.45, 2.75) is 13.3 Å². The van der Waals surface area contributed by atoms with Gasteiger partial charge in [-0.05, 0) is 54.1 Å². The molecule has 0 atom stereocenters. The topological polar surface area (TPSA) is 62.1 Å². The highest BCUT2D eigenvalue weighted by molar-refractivity contribution is 8.19. The highest BCUT2D eigenvalue weighted by Gasteiger charge is 2.34. The zero-order chi connectivity index (χ0) is 18.5. The molecular weight excluding hydrogens is 348 g/mol. The van der Waals surface area contributed by atoms with Crippen molar-refractivity contribution in [3.63, 3.8) is 0 Å². The van der Waals surface area contributed by atoms with Crippen molar-refractivity contribution in [2.24, 2.45) is 4.99 Å². The van der Waals surface area contributed by atoms with Crippen LogP contribution in [0.5, 0.6) is 11.5 Å². The number of carbonyl (C=O) groups excluding carboxylic acids is 1. The number of phenols is 1. The first-order chi connectivity index (χ1) is 12.6. The zero-order valence-electron chi connectivity index (χ0n) is 14.7. The Bertz CT molecular complexity index is 863. The molecule has 0 radical (unpaired) electrons. The second-order valence-electron chi connectivity index (χ2n) is 5.68. The fourth-order valence-corrected chi connectivity index (χ4v) is 3.53. The number of nitrogens with zero attached hydrogens (tertiary/aromatic N) is 2. The molecule has 0 saturated carbocycles. The Morgan fingerprint density at radius 2 is 2.00 bits per heavy atom. The van der Waals surface area contributed by atoms with Gasteiger partial charge in [0.1, 0.15) is 0 Å². The van der Waals surface area contributed by atoms with Crippen LogP contribution in [0.15, 0.2) is 58.4 Å². The fraction of sp³-hybridized carbons (Fsp3) is 0.200. The van der Waals surface area contributed by atoms with Crippen LogP contribution < -0.4 is 9.64 Å². The van der Waals surface area contributed by atoms with Gasteiger partial charge in [-0.2, -0.15) is 0 Å². The number of amidine groups is 1. The van der Waals surface area contributed by atoms with Crippen LogP contribution in [-0.2, 0) is 4.79 Å². The van der Waals surface area contributed by atoms with Crippen LogP contribution >= 0.6 is 11.8 Å². The number of hydrogen-bond donors (Lipinski definition) is 1. The number of ether oxygens (including phenoxy) is 1. The fourth-order valence-electron chi connectivity index (χ4n) is 2.53. The SMILES string of the molecule is CCCN=C1S/C(=C\c2ccc(O)c(OC)c2)C(=O)N1c1ccccc1. The Labute approximate surface area is 157 Å². The molecule has 1 aliphatic heterocycles. The van der Waals surface area contributed by atoms with E-state index in [1.165, 1.54) is 18.9 Å². The number of anilines is 1. The summed E-state index contributed by atoms with van der Waals surface area (Å²) >= 11 is 1.36. The van der Waals surface area contributed by atoms with Crippen LogP contribution in [0.4, 0.5) is 5.69 Å². The van der Waals surface area contributed by atoms with Crippen molar-refractivity contribution in [1.82, 2.24) is 0 Å². The maximum absolute atomic E-state index is 13.0. The molecule has 6 heteroatoms. The molecule has 0 bridgehead atoms. The number of phenolic OH excluding ortho intramolecular Hbond substituents is 1. The lowest BCUT2D eigenvalue weighted by Crippen LogP contribution is -2.28. The highest BCUT2D eigenvalue weighted by atomic mass is 32.2. The average molecular weight is 368 g/mol. The normalized spacial score (nSPS) is 17.3. The molecule has 2 aromatic rings. The molecule has 0 aromatic heterocycles. The highest BCUT2D eigenvalue weighted by Crippen LogP contribution is 2.37. The number of hydrogen-bond acceptors (Lipinski definition) is 5. The molecule has 5 nitrogen and oxygen atoms in total. The molecule has 0 spiro atoms. The smallest absolute Gasteiger partial charge is 0.271 e. The Balaban J connectivity index is 1.98. The first-order valence-corrected chi connectivity index (χ1v) is 9.16. The lowest BCUT2D eigenvalue weighted by Gasteiger charge is -2.15. The van der Waals surface area contributed by atoms with Crippen LogP contribution in [0.3, 0.4) is 0 Å². The number of benzene rings is 2. The number of para-hydroxylation sites is 1. The summed E-state index contributed by atoms with van der Waals surface area (Å²) in [6.07, 6.45) is 2.70. The van der Waals surface area contributed by atoms with Crippen LogP contribution in [0.25, 0.3) is 6.08 Å². The number of carbonyl (C=O) groups is 1. The van der Waals surface area contributed by atoms with E-state index >= 15 is 0 Å². The van der Waals surface area contributed by atoms with Crippen LogP contribution in [0, 0.1) is 0 Å². The van der Waals surface area contributed by atoms with Gasteiger partial charge in [0.15, 0.2) is 16.7 Å².